The first-order valence-corrected chi connectivity index (χ1v) is 12.2. The van der Waals surface area contributed by atoms with Crippen molar-refractivity contribution in [2.24, 2.45) is 0 Å². The number of piperidine rings is 1. The number of nitrogens with zero attached hydrogens (tertiary/aromatic N) is 3. The molecule has 1 aliphatic heterocycles. The van der Waals surface area contributed by atoms with Gasteiger partial charge in [-0.2, -0.15) is 4.31 Å². The highest BCUT2D eigenvalue weighted by molar-refractivity contribution is 7.89. The Balaban J connectivity index is 1.99. The van der Waals surface area contributed by atoms with Gasteiger partial charge in [-0.1, -0.05) is 12.5 Å². The molecule has 2 aromatic rings. The Bertz CT molecular complexity index is 1090. The summed E-state index contributed by atoms with van der Waals surface area (Å²) in [6.45, 7) is 6.22. The number of sulfonamides is 1. The van der Waals surface area contributed by atoms with Crippen molar-refractivity contribution in [3.05, 3.63) is 58.1 Å². The van der Waals surface area contributed by atoms with Crippen molar-refractivity contribution in [1.29, 1.82) is 0 Å². The molecule has 0 unspecified atom stereocenters. The standard InChI is InChI=1S/C22H28N4O5S/c1-3-24(4-2)21-12-11-19(32(30,31)25-13-6-5-7-14-25)16-20(21)23-22(27)17-9-8-10-18(15-17)26(28)29/h8-12,15-16H,3-7,13-14H2,1-2H3,(H,23,27). The fourth-order valence-corrected chi connectivity index (χ4v) is 5.37. The molecule has 0 radical (unpaired) electrons. The van der Waals surface area contributed by atoms with Gasteiger partial charge in [0.15, 0.2) is 0 Å². The molecule has 0 aliphatic carbocycles. The molecule has 1 fully saturated rings. The van der Waals surface area contributed by atoms with E-state index < -0.39 is 20.9 Å². The molecule has 9 nitrogen and oxygen atoms in total. The quantitative estimate of drug-likeness (QED) is 0.473. The highest BCUT2D eigenvalue weighted by Crippen LogP contribution is 2.31. The van der Waals surface area contributed by atoms with Crippen LogP contribution >= 0.6 is 0 Å². The summed E-state index contributed by atoms with van der Waals surface area (Å²) in [5.74, 6) is -0.547. The molecule has 32 heavy (non-hydrogen) atoms. The smallest absolute Gasteiger partial charge is 0.270 e. The van der Waals surface area contributed by atoms with Crippen LogP contribution in [-0.2, 0) is 10.0 Å². The van der Waals surface area contributed by atoms with Crippen LogP contribution in [0.25, 0.3) is 0 Å². The second kappa shape index (κ2) is 10.1. The molecule has 1 amide bonds. The van der Waals surface area contributed by atoms with Crippen LogP contribution in [0.15, 0.2) is 47.4 Å². The maximum absolute atomic E-state index is 13.2. The predicted molar refractivity (Wildman–Crippen MR) is 124 cm³/mol. The van der Waals surface area contributed by atoms with Crippen molar-refractivity contribution >= 4 is 33.0 Å². The van der Waals surface area contributed by atoms with E-state index in [1.54, 1.807) is 12.1 Å². The Morgan fingerprint density at radius 1 is 1.09 bits per heavy atom. The van der Waals surface area contributed by atoms with Crippen LogP contribution in [0.1, 0.15) is 43.5 Å². The van der Waals surface area contributed by atoms with Gasteiger partial charge in [-0.25, -0.2) is 8.42 Å². The molecule has 1 heterocycles. The van der Waals surface area contributed by atoms with Crippen LogP contribution < -0.4 is 10.2 Å². The summed E-state index contributed by atoms with van der Waals surface area (Å²) in [6, 6.07) is 10.2. The molecule has 0 atom stereocenters. The number of rotatable bonds is 8. The fraction of sp³-hybridized carbons (Fsp3) is 0.409. The highest BCUT2D eigenvalue weighted by Gasteiger charge is 2.27. The van der Waals surface area contributed by atoms with Gasteiger partial charge in [0.25, 0.3) is 11.6 Å². The van der Waals surface area contributed by atoms with Gasteiger partial charge in [0, 0.05) is 43.9 Å². The van der Waals surface area contributed by atoms with Gasteiger partial charge in [0.2, 0.25) is 10.0 Å². The SMILES string of the molecule is CCN(CC)c1ccc(S(=O)(=O)N2CCCCC2)cc1NC(=O)c1cccc([N+](=O)[O-])c1. The van der Waals surface area contributed by atoms with E-state index in [-0.39, 0.29) is 16.1 Å². The van der Waals surface area contributed by atoms with Crippen LogP contribution in [-0.4, -0.2) is 49.7 Å². The molecule has 0 spiro atoms. The molecule has 3 rings (SSSR count). The van der Waals surface area contributed by atoms with E-state index in [0.29, 0.717) is 37.6 Å². The number of benzene rings is 2. The van der Waals surface area contributed by atoms with Gasteiger partial charge in [0.1, 0.15) is 0 Å². The Labute approximate surface area is 188 Å². The Morgan fingerprint density at radius 3 is 2.41 bits per heavy atom. The summed E-state index contributed by atoms with van der Waals surface area (Å²) in [6.07, 6.45) is 2.66. The minimum atomic E-state index is -3.68. The van der Waals surface area contributed by atoms with Crippen LogP contribution in [0.3, 0.4) is 0 Å². The van der Waals surface area contributed by atoms with Crippen LogP contribution in [0.5, 0.6) is 0 Å². The zero-order chi connectivity index (χ0) is 23.3. The second-order valence-electron chi connectivity index (χ2n) is 7.58. The molecule has 0 aromatic heterocycles. The Hall–Kier alpha value is -2.98. The minimum absolute atomic E-state index is 0.115. The van der Waals surface area contributed by atoms with Gasteiger partial charge in [-0.05, 0) is 51.0 Å². The summed E-state index contributed by atoms with van der Waals surface area (Å²) in [4.78, 5) is 25.5. The normalized spacial score (nSPS) is 14.7. The zero-order valence-electron chi connectivity index (χ0n) is 18.3. The number of carbonyl (C=O) groups is 1. The number of carbonyl (C=O) groups excluding carboxylic acids is 1. The largest absolute Gasteiger partial charge is 0.370 e. The van der Waals surface area contributed by atoms with Gasteiger partial charge < -0.3 is 10.2 Å². The average molecular weight is 461 g/mol. The van der Waals surface area contributed by atoms with E-state index in [4.69, 9.17) is 0 Å². The maximum atomic E-state index is 13.2. The number of non-ortho nitro benzene ring substituents is 1. The lowest BCUT2D eigenvalue weighted by molar-refractivity contribution is -0.384. The van der Waals surface area contributed by atoms with E-state index in [0.717, 1.165) is 19.3 Å². The molecular formula is C22H28N4O5S. The van der Waals surface area contributed by atoms with Crippen LogP contribution in [0.2, 0.25) is 0 Å². The van der Waals surface area contributed by atoms with E-state index in [1.165, 1.54) is 34.6 Å². The van der Waals surface area contributed by atoms with Crippen molar-refractivity contribution < 1.29 is 18.1 Å². The number of amides is 1. The van der Waals surface area contributed by atoms with Gasteiger partial charge >= 0.3 is 0 Å². The third kappa shape index (κ3) is 5.08. The molecule has 10 heteroatoms. The van der Waals surface area contributed by atoms with E-state index in [9.17, 15) is 23.3 Å². The maximum Gasteiger partial charge on any atom is 0.270 e. The lowest BCUT2D eigenvalue weighted by Crippen LogP contribution is -2.35. The summed E-state index contributed by atoms with van der Waals surface area (Å²) in [7, 11) is -3.68. The summed E-state index contributed by atoms with van der Waals surface area (Å²) in [5.41, 5.74) is 0.965. The summed E-state index contributed by atoms with van der Waals surface area (Å²) < 4.78 is 27.8. The Kier molecular flexibility index (Phi) is 7.47. The fourth-order valence-electron chi connectivity index (χ4n) is 3.83. The van der Waals surface area contributed by atoms with Crippen LogP contribution in [0, 0.1) is 10.1 Å². The van der Waals surface area contributed by atoms with Gasteiger partial charge in [-0.15, -0.1) is 0 Å². The number of hydrogen-bond acceptors (Lipinski definition) is 6. The Morgan fingerprint density at radius 2 is 1.78 bits per heavy atom. The molecular weight excluding hydrogens is 432 g/mol. The second-order valence-corrected chi connectivity index (χ2v) is 9.52. The highest BCUT2D eigenvalue weighted by atomic mass is 32.2. The molecule has 0 saturated carbocycles. The van der Waals surface area contributed by atoms with Crippen molar-refractivity contribution in [1.82, 2.24) is 4.31 Å². The number of hydrogen-bond donors (Lipinski definition) is 1. The topological polar surface area (TPSA) is 113 Å². The molecule has 1 saturated heterocycles. The zero-order valence-corrected chi connectivity index (χ0v) is 19.1. The third-order valence-corrected chi connectivity index (χ3v) is 7.49. The summed E-state index contributed by atoms with van der Waals surface area (Å²) in [5, 5.41) is 13.8. The van der Waals surface area contributed by atoms with E-state index >= 15 is 0 Å². The summed E-state index contributed by atoms with van der Waals surface area (Å²) >= 11 is 0. The average Bonchev–Trinajstić information content (AvgIpc) is 2.81. The minimum Gasteiger partial charge on any atom is -0.370 e. The van der Waals surface area contributed by atoms with Crippen molar-refractivity contribution in [2.75, 3.05) is 36.4 Å². The van der Waals surface area contributed by atoms with Crippen molar-refractivity contribution in [3.63, 3.8) is 0 Å². The molecule has 1 N–H and O–H groups in total. The van der Waals surface area contributed by atoms with Gasteiger partial charge in [0.05, 0.1) is 21.2 Å². The number of nitrogens with one attached hydrogen (secondary N) is 1. The van der Waals surface area contributed by atoms with Crippen molar-refractivity contribution in [2.45, 2.75) is 38.0 Å². The first-order chi connectivity index (χ1) is 15.3. The lowest BCUT2D eigenvalue weighted by atomic mass is 10.1. The number of nitro benzene ring substituents is 1. The molecule has 1 aliphatic rings. The molecule has 0 bridgehead atoms. The first-order valence-electron chi connectivity index (χ1n) is 10.7. The number of anilines is 2. The third-order valence-electron chi connectivity index (χ3n) is 5.59. The lowest BCUT2D eigenvalue weighted by Gasteiger charge is -2.28. The van der Waals surface area contributed by atoms with E-state index in [1.807, 2.05) is 18.7 Å². The first kappa shape index (κ1) is 23.7. The monoisotopic (exact) mass is 460 g/mol. The van der Waals surface area contributed by atoms with E-state index in [2.05, 4.69) is 5.32 Å². The molecule has 172 valence electrons. The predicted octanol–water partition coefficient (Wildman–Crippen LogP) is 3.87. The van der Waals surface area contributed by atoms with Crippen LogP contribution in [0.4, 0.5) is 17.1 Å². The molecule has 2 aromatic carbocycles. The number of nitro groups is 1. The van der Waals surface area contributed by atoms with Crippen molar-refractivity contribution in [3.8, 4) is 0 Å². The van der Waals surface area contributed by atoms with Gasteiger partial charge in [-0.3, -0.25) is 14.9 Å².